The summed E-state index contributed by atoms with van der Waals surface area (Å²) in [5.41, 5.74) is 0. The molecule has 1 saturated heterocycles. The average molecular weight is 370 g/mol. The second-order valence-electron chi connectivity index (χ2n) is 7.81. The Morgan fingerprint density at radius 1 is 1.27 bits per heavy atom. The number of nitrogens with one attached hydrogen (secondary N) is 2. The monoisotopic (exact) mass is 369 g/mol. The molecule has 0 spiro atoms. The van der Waals surface area contributed by atoms with Crippen molar-refractivity contribution in [1.82, 2.24) is 20.4 Å². The van der Waals surface area contributed by atoms with E-state index in [1.807, 2.05) is 7.05 Å². The number of hydrogen-bond donors (Lipinski definition) is 2. The molecule has 2 N–H and O–H groups in total. The SMILES string of the molecule is CCN(CC)CCCC(C)NC(=NC)NCC1CN(CC(C)C)CCO1. The molecule has 0 amide bonds. The molecule has 154 valence electrons. The summed E-state index contributed by atoms with van der Waals surface area (Å²) in [5, 5.41) is 6.95. The van der Waals surface area contributed by atoms with Gasteiger partial charge in [0.1, 0.15) is 0 Å². The van der Waals surface area contributed by atoms with Crippen LogP contribution in [-0.4, -0.2) is 87.4 Å². The molecule has 0 bridgehead atoms. The van der Waals surface area contributed by atoms with Crippen LogP contribution in [0.25, 0.3) is 0 Å². The Bertz CT molecular complexity index is 384. The number of rotatable bonds is 11. The normalized spacial score (nSPS) is 20.6. The summed E-state index contributed by atoms with van der Waals surface area (Å²) in [5.74, 6) is 1.58. The quantitative estimate of drug-likeness (QED) is 0.431. The number of aliphatic imine (C=N–C) groups is 1. The van der Waals surface area contributed by atoms with Gasteiger partial charge in [0.2, 0.25) is 0 Å². The molecule has 2 unspecified atom stereocenters. The first-order chi connectivity index (χ1) is 12.5. The van der Waals surface area contributed by atoms with Gasteiger partial charge >= 0.3 is 0 Å². The summed E-state index contributed by atoms with van der Waals surface area (Å²) in [6.07, 6.45) is 2.60. The molecule has 1 rings (SSSR count). The van der Waals surface area contributed by atoms with E-state index < -0.39 is 0 Å². The summed E-state index contributed by atoms with van der Waals surface area (Å²) in [7, 11) is 1.84. The van der Waals surface area contributed by atoms with Gasteiger partial charge in [-0.2, -0.15) is 0 Å². The van der Waals surface area contributed by atoms with Gasteiger partial charge in [-0.25, -0.2) is 0 Å². The van der Waals surface area contributed by atoms with E-state index >= 15 is 0 Å². The number of nitrogens with zero attached hydrogens (tertiary/aromatic N) is 3. The lowest BCUT2D eigenvalue weighted by Gasteiger charge is -2.34. The van der Waals surface area contributed by atoms with Crippen LogP contribution in [0.4, 0.5) is 0 Å². The van der Waals surface area contributed by atoms with Gasteiger partial charge in [-0.05, 0) is 45.3 Å². The number of guanidine groups is 1. The van der Waals surface area contributed by atoms with Crippen molar-refractivity contribution in [3.63, 3.8) is 0 Å². The first-order valence-corrected chi connectivity index (χ1v) is 10.5. The zero-order chi connectivity index (χ0) is 19.4. The molecule has 0 aliphatic carbocycles. The van der Waals surface area contributed by atoms with Crippen LogP contribution in [0.5, 0.6) is 0 Å². The zero-order valence-corrected chi connectivity index (χ0v) is 18.1. The van der Waals surface area contributed by atoms with Crippen LogP contribution >= 0.6 is 0 Å². The Morgan fingerprint density at radius 2 is 2.00 bits per heavy atom. The van der Waals surface area contributed by atoms with Gasteiger partial charge in [0.15, 0.2) is 5.96 Å². The fraction of sp³-hybridized carbons (Fsp3) is 0.950. The third-order valence-corrected chi connectivity index (χ3v) is 4.96. The van der Waals surface area contributed by atoms with Gasteiger partial charge in [0.25, 0.3) is 0 Å². The average Bonchev–Trinajstić information content (AvgIpc) is 2.62. The lowest BCUT2D eigenvalue weighted by molar-refractivity contribution is -0.0284. The molecule has 0 aromatic heterocycles. The topological polar surface area (TPSA) is 52.1 Å². The van der Waals surface area contributed by atoms with Crippen LogP contribution in [0.2, 0.25) is 0 Å². The van der Waals surface area contributed by atoms with Gasteiger partial charge in [0.05, 0.1) is 12.7 Å². The fourth-order valence-corrected chi connectivity index (χ4v) is 3.46. The highest BCUT2D eigenvalue weighted by Crippen LogP contribution is 2.07. The maximum atomic E-state index is 5.91. The zero-order valence-electron chi connectivity index (χ0n) is 18.1. The minimum atomic E-state index is 0.235. The van der Waals surface area contributed by atoms with E-state index in [0.29, 0.717) is 12.0 Å². The molecular formula is C20H43N5O. The van der Waals surface area contributed by atoms with Crippen molar-refractivity contribution in [1.29, 1.82) is 0 Å². The molecule has 1 aliphatic rings. The van der Waals surface area contributed by atoms with Gasteiger partial charge in [-0.1, -0.05) is 27.7 Å². The minimum Gasteiger partial charge on any atom is -0.374 e. The van der Waals surface area contributed by atoms with Crippen molar-refractivity contribution in [3.05, 3.63) is 0 Å². The van der Waals surface area contributed by atoms with Crippen molar-refractivity contribution < 1.29 is 4.74 Å². The van der Waals surface area contributed by atoms with E-state index in [9.17, 15) is 0 Å². The molecule has 6 heteroatoms. The van der Waals surface area contributed by atoms with Crippen LogP contribution < -0.4 is 10.6 Å². The summed E-state index contributed by atoms with van der Waals surface area (Å²) >= 11 is 0. The summed E-state index contributed by atoms with van der Waals surface area (Å²) in [6, 6.07) is 0.418. The van der Waals surface area contributed by atoms with E-state index in [4.69, 9.17) is 4.74 Å². The highest BCUT2D eigenvalue weighted by atomic mass is 16.5. The lowest BCUT2D eigenvalue weighted by atomic mass is 10.1. The Morgan fingerprint density at radius 3 is 2.62 bits per heavy atom. The molecule has 2 atom stereocenters. The van der Waals surface area contributed by atoms with Crippen molar-refractivity contribution in [2.45, 2.75) is 59.6 Å². The van der Waals surface area contributed by atoms with E-state index in [1.165, 1.54) is 13.0 Å². The van der Waals surface area contributed by atoms with E-state index in [2.05, 4.69) is 60.0 Å². The molecule has 1 aliphatic heterocycles. The third-order valence-electron chi connectivity index (χ3n) is 4.96. The van der Waals surface area contributed by atoms with Crippen LogP contribution in [0.15, 0.2) is 4.99 Å². The van der Waals surface area contributed by atoms with E-state index in [-0.39, 0.29) is 6.10 Å². The Hall–Kier alpha value is -0.850. The van der Waals surface area contributed by atoms with Gasteiger partial charge in [-0.15, -0.1) is 0 Å². The van der Waals surface area contributed by atoms with Crippen LogP contribution in [0, 0.1) is 5.92 Å². The standard InChI is InChI=1S/C20H43N5O/c1-7-24(8-2)11-9-10-18(5)23-20(21-6)22-14-19-16-25(12-13-26-19)15-17(3)4/h17-19H,7-16H2,1-6H3,(H2,21,22,23). The molecule has 0 aromatic carbocycles. The van der Waals surface area contributed by atoms with Crippen molar-refractivity contribution in [2.75, 3.05) is 59.5 Å². The Kier molecular flexibility index (Phi) is 11.9. The Balaban J connectivity index is 2.27. The minimum absolute atomic E-state index is 0.235. The second-order valence-corrected chi connectivity index (χ2v) is 7.81. The Labute approximate surface area is 161 Å². The molecule has 0 saturated carbocycles. The van der Waals surface area contributed by atoms with E-state index in [1.54, 1.807) is 0 Å². The maximum absolute atomic E-state index is 5.91. The lowest BCUT2D eigenvalue weighted by Crippen LogP contribution is -2.51. The summed E-state index contributed by atoms with van der Waals surface area (Å²) in [6.45, 7) is 19.5. The van der Waals surface area contributed by atoms with Crippen LogP contribution in [0.3, 0.4) is 0 Å². The largest absolute Gasteiger partial charge is 0.374 e. The molecule has 0 aromatic rings. The molecule has 0 radical (unpaired) electrons. The van der Waals surface area contributed by atoms with E-state index in [0.717, 1.165) is 58.3 Å². The smallest absolute Gasteiger partial charge is 0.191 e. The molecular weight excluding hydrogens is 326 g/mol. The highest BCUT2D eigenvalue weighted by Gasteiger charge is 2.21. The number of morpholine rings is 1. The number of hydrogen-bond acceptors (Lipinski definition) is 4. The highest BCUT2D eigenvalue weighted by molar-refractivity contribution is 5.79. The van der Waals surface area contributed by atoms with Crippen molar-refractivity contribution >= 4 is 5.96 Å². The summed E-state index contributed by atoms with van der Waals surface area (Å²) in [4.78, 5) is 9.35. The van der Waals surface area contributed by atoms with Crippen LogP contribution in [-0.2, 0) is 4.74 Å². The second kappa shape index (κ2) is 13.3. The maximum Gasteiger partial charge on any atom is 0.191 e. The molecule has 6 nitrogen and oxygen atoms in total. The molecule has 26 heavy (non-hydrogen) atoms. The first-order valence-electron chi connectivity index (χ1n) is 10.5. The van der Waals surface area contributed by atoms with Crippen molar-refractivity contribution in [2.24, 2.45) is 10.9 Å². The van der Waals surface area contributed by atoms with Gasteiger partial charge in [-0.3, -0.25) is 9.89 Å². The van der Waals surface area contributed by atoms with Crippen LogP contribution in [0.1, 0.15) is 47.5 Å². The predicted octanol–water partition coefficient (Wildman–Crippen LogP) is 2.02. The van der Waals surface area contributed by atoms with Crippen molar-refractivity contribution in [3.8, 4) is 0 Å². The van der Waals surface area contributed by atoms with Gasteiger partial charge < -0.3 is 20.3 Å². The fourth-order valence-electron chi connectivity index (χ4n) is 3.46. The summed E-state index contributed by atoms with van der Waals surface area (Å²) < 4.78 is 5.91. The third kappa shape index (κ3) is 9.74. The first kappa shape index (κ1) is 23.2. The number of ether oxygens (including phenoxy) is 1. The molecule has 1 fully saturated rings. The molecule has 1 heterocycles. The van der Waals surface area contributed by atoms with Gasteiger partial charge in [0, 0.05) is 39.3 Å². The predicted molar refractivity (Wildman–Crippen MR) is 112 cm³/mol.